The van der Waals surface area contributed by atoms with E-state index in [0.717, 1.165) is 13.8 Å². The number of carbonyl (C=O) groups excluding carboxylic acids is 3. The largest absolute Gasteiger partial charge is 0.456 e. The van der Waals surface area contributed by atoms with Gasteiger partial charge in [0.2, 0.25) is 0 Å². The van der Waals surface area contributed by atoms with Crippen molar-refractivity contribution in [2.75, 3.05) is 13.7 Å². The van der Waals surface area contributed by atoms with Crippen molar-refractivity contribution >= 4 is 17.9 Å². The fraction of sp³-hybridized carbons (Fsp3) is 0.769. The third kappa shape index (κ3) is 4.93. The molecule has 3 unspecified atom stereocenters. The molecule has 1 aliphatic heterocycles. The van der Waals surface area contributed by atoms with Crippen LogP contribution in [0.2, 0.25) is 0 Å². The molecule has 0 amide bonds. The number of carbonyl (C=O) groups is 3. The molecule has 1 fully saturated rings. The molecule has 0 aliphatic carbocycles. The third-order valence-corrected chi connectivity index (χ3v) is 2.85. The monoisotopic (exact) mass is 320 g/mol. The van der Waals surface area contributed by atoms with E-state index in [4.69, 9.17) is 23.7 Å². The number of aliphatic hydroxyl groups is 1. The summed E-state index contributed by atoms with van der Waals surface area (Å²) in [5.74, 6) is -2.05. The molecule has 126 valence electrons. The molecule has 0 spiro atoms. The summed E-state index contributed by atoms with van der Waals surface area (Å²) < 4.78 is 25.3. The minimum atomic E-state index is -1.56. The smallest absolute Gasteiger partial charge is 0.303 e. The van der Waals surface area contributed by atoms with Gasteiger partial charge < -0.3 is 28.8 Å². The van der Waals surface area contributed by atoms with Gasteiger partial charge in [-0.05, 0) is 0 Å². The molecule has 1 saturated heterocycles. The van der Waals surface area contributed by atoms with E-state index in [-0.39, 0.29) is 6.61 Å². The van der Waals surface area contributed by atoms with Gasteiger partial charge >= 0.3 is 17.9 Å². The predicted molar refractivity (Wildman–Crippen MR) is 69.4 cm³/mol. The molecule has 9 nitrogen and oxygen atoms in total. The molecule has 0 aromatic heterocycles. The number of ether oxygens (including phenoxy) is 5. The van der Waals surface area contributed by atoms with Crippen LogP contribution in [0.25, 0.3) is 0 Å². The number of hydrogen-bond acceptors (Lipinski definition) is 9. The second-order valence-electron chi connectivity index (χ2n) is 4.74. The molecule has 1 rings (SSSR count). The van der Waals surface area contributed by atoms with Crippen LogP contribution in [-0.2, 0) is 38.1 Å². The SMILES string of the molecule is COCC1O[C@@H](O)C(OC(C)=O)C(OC(C)=O)[C@@H]1OC(C)=O. The Kier molecular flexibility index (Phi) is 6.72. The first-order valence-electron chi connectivity index (χ1n) is 6.60. The Morgan fingerprint density at radius 2 is 1.36 bits per heavy atom. The Labute approximate surface area is 127 Å². The van der Waals surface area contributed by atoms with Gasteiger partial charge in [0.1, 0.15) is 6.10 Å². The zero-order chi connectivity index (χ0) is 16.9. The van der Waals surface area contributed by atoms with Crippen LogP contribution >= 0.6 is 0 Å². The molecular weight excluding hydrogens is 300 g/mol. The van der Waals surface area contributed by atoms with Gasteiger partial charge in [0.15, 0.2) is 24.6 Å². The third-order valence-electron chi connectivity index (χ3n) is 2.85. The fourth-order valence-electron chi connectivity index (χ4n) is 2.17. The molecule has 1 N–H and O–H groups in total. The van der Waals surface area contributed by atoms with E-state index in [9.17, 15) is 19.5 Å². The van der Waals surface area contributed by atoms with E-state index in [1.165, 1.54) is 14.0 Å². The minimum Gasteiger partial charge on any atom is -0.456 e. The lowest BCUT2D eigenvalue weighted by Gasteiger charge is -2.42. The van der Waals surface area contributed by atoms with E-state index in [2.05, 4.69) is 0 Å². The van der Waals surface area contributed by atoms with Gasteiger partial charge in [-0.3, -0.25) is 14.4 Å². The molecule has 0 bridgehead atoms. The van der Waals surface area contributed by atoms with Gasteiger partial charge in [-0.25, -0.2) is 0 Å². The average molecular weight is 320 g/mol. The van der Waals surface area contributed by atoms with Crippen molar-refractivity contribution in [3.05, 3.63) is 0 Å². The van der Waals surface area contributed by atoms with E-state index in [1.54, 1.807) is 0 Å². The van der Waals surface area contributed by atoms with Crippen LogP contribution in [0.1, 0.15) is 20.8 Å². The first kappa shape index (κ1) is 18.3. The van der Waals surface area contributed by atoms with Crippen LogP contribution in [0, 0.1) is 0 Å². The topological polar surface area (TPSA) is 118 Å². The molecule has 0 aromatic rings. The van der Waals surface area contributed by atoms with Crippen molar-refractivity contribution in [1.82, 2.24) is 0 Å². The Bertz CT molecular complexity index is 422. The highest BCUT2D eigenvalue weighted by Crippen LogP contribution is 2.27. The maximum absolute atomic E-state index is 11.3. The Hall–Kier alpha value is -1.71. The zero-order valence-electron chi connectivity index (χ0n) is 12.8. The second-order valence-corrected chi connectivity index (χ2v) is 4.74. The summed E-state index contributed by atoms with van der Waals surface area (Å²) in [6, 6.07) is 0. The van der Waals surface area contributed by atoms with Gasteiger partial charge in [-0.2, -0.15) is 0 Å². The Balaban J connectivity index is 3.09. The number of hydrogen-bond donors (Lipinski definition) is 1. The van der Waals surface area contributed by atoms with Gasteiger partial charge in [0.25, 0.3) is 0 Å². The Morgan fingerprint density at radius 1 is 0.909 bits per heavy atom. The van der Waals surface area contributed by atoms with Crippen molar-refractivity contribution in [3.8, 4) is 0 Å². The minimum absolute atomic E-state index is 0.0282. The predicted octanol–water partition coefficient (Wildman–Crippen LogP) is -0.855. The zero-order valence-corrected chi connectivity index (χ0v) is 12.8. The Morgan fingerprint density at radius 3 is 1.82 bits per heavy atom. The van der Waals surface area contributed by atoms with Crippen LogP contribution in [-0.4, -0.2) is 67.4 Å². The lowest BCUT2D eigenvalue weighted by Crippen LogP contribution is -2.62. The molecule has 0 aromatic carbocycles. The summed E-state index contributed by atoms with van der Waals surface area (Å²) in [5, 5.41) is 9.96. The van der Waals surface area contributed by atoms with Gasteiger partial charge in [-0.1, -0.05) is 0 Å². The number of aliphatic hydroxyl groups excluding tert-OH is 1. The van der Waals surface area contributed by atoms with E-state index in [1.807, 2.05) is 0 Å². The number of rotatable bonds is 5. The lowest BCUT2D eigenvalue weighted by atomic mass is 9.98. The first-order valence-corrected chi connectivity index (χ1v) is 6.60. The van der Waals surface area contributed by atoms with E-state index in [0.29, 0.717) is 0 Å². The average Bonchev–Trinajstić information content (AvgIpc) is 2.37. The van der Waals surface area contributed by atoms with Crippen LogP contribution < -0.4 is 0 Å². The van der Waals surface area contributed by atoms with Crippen molar-refractivity contribution in [2.45, 2.75) is 51.5 Å². The summed E-state index contributed by atoms with van der Waals surface area (Å²) in [7, 11) is 1.39. The van der Waals surface area contributed by atoms with E-state index < -0.39 is 48.6 Å². The van der Waals surface area contributed by atoms with E-state index >= 15 is 0 Å². The normalized spacial score (nSPS) is 31.2. The maximum atomic E-state index is 11.3. The quantitative estimate of drug-likeness (QED) is 0.510. The number of esters is 3. The molecule has 9 heteroatoms. The first-order chi connectivity index (χ1) is 10.3. The number of methoxy groups -OCH3 is 1. The van der Waals surface area contributed by atoms with Gasteiger partial charge in [0.05, 0.1) is 6.61 Å². The molecule has 1 heterocycles. The second kappa shape index (κ2) is 8.06. The highest BCUT2D eigenvalue weighted by atomic mass is 16.7. The summed E-state index contributed by atoms with van der Waals surface area (Å²) >= 11 is 0. The van der Waals surface area contributed by atoms with Crippen LogP contribution in [0.4, 0.5) is 0 Å². The summed E-state index contributed by atoms with van der Waals surface area (Å²) in [6.45, 7) is 3.41. The highest BCUT2D eigenvalue weighted by Gasteiger charge is 2.51. The van der Waals surface area contributed by atoms with Crippen LogP contribution in [0.5, 0.6) is 0 Å². The fourth-order valence-corrected chi connectivity index (χ4v) is 2.17. The molecule has 5 atom stereocenters. The molecule has 0 saturated carbocycles. The van der Waals surface area contributed by atoms with Gasteiger partial charge in [-0.15, -0.1) is 0 Å². The van der Waals surface area contributed by atoms with Crippen LogP contribution in [0.15, 0.2) is 0 Å². The van der Waals surface area contributed by atoms with Gasteiger partial charge in [0, 0.05) is 27.9 Å². The summed E-state index contributed by atoms with van der Waals surface area (Å²) in [6.07, 6.45) is -6.07. The summed E-state index contributed by atoms with van der Waals surface area (Å²) in [4.78, 5) is 33.7. The molecule has 1 aliphatic rings. The van der Waals surface area contributed by atoms with Crippen molar-refractivity contribution in [1.29, 1.82) is 0 Å². The standard InChI is InChI=1S/C13H20O9/c1-6(14)19-10-9(5-18-4)22-13(17)12(21-8(3)16)11(10)20-7(2)15/h9-13,17H,5H2,1-4H3/t9?,10-,11?,12?,13-/m1/s1. The lowest BCUT2D eigenvalue weighted by molar-refractivity contribution is -0.296. The summed E-state index contributed by atoms with van der Waals surface area (Å²) in [5.41, 5.74) is 0. The molecular formula is C13H20O9. The van der Waals surface area contributed by atoms with Crippen molar-refractivity contribution < 1.29 is 43.2 Å². The highest BCUT2D eigenvalue weighted by molar-refractivity contribution is 5.68. The van der Waals surface area contributed by atoms with Crippen LogP contribution in [0.3, 0.4) is 0 Å². The van der Waals surface area contributed by atoms with Crippen molar-refractivity contribution in [3.63, 3.8) is 0 Å². The van der Waals surface area contributed by atoms with Crippen molar-refractivity contribution in [2.24, 2.45) is 0 Å². The molecule has 22 heavy (non-hydrogen) atoms. The maximum Gasteiger partial charge on any atom is 0.303 e. The molecule has 0 radical (unpaired) electrons.